The van der Waals surface area contributed by atoms with Crippen LogP contribution in [-0.2, 0) is 16.8 Å². The van der Waals surface area contributed by atoms with Gasteiger partial charge in [0.2, 0.25) is 0 Å². The number of hydrogen-bond acceptors (Lipinski definition) is 4. The fourth-order valence-electron chi connectivity index (χ4n) is 2.14. The second-order valence-electron chi connectivity index (χ2n) is 6.49. The highest BCUT2D eigenvalue weighted by Crippen LogP contribution is 2.24. The van der Waals surface area contributed by atoms with Crippen molar-refractivity contribution in [2.75, 3.05) is 6.61 Å². The van der Waals surface area contributed by atoms with Crippen molar-refractivity contribution in [1.82, 2.24) is 0 Å². The first-order valence-electron chi connectivity index (χ1n) is 7.76. The van der Waals surface area contributed by atoms with E-state index in [4.69, 9.17) is 14.7 Å². The van der Waals surface area contributed by atoms with E-state index in [1.807, 2.05) is 24.3 Å². The fraction of sp³-hybridized carbons (Fsp3) is 0.300. The van der Waals surface area contributed by atoms with Gasteiger partial charge in [-0.25, -0.2) is 4.79 Å². The third-order valence-corrected chi connectivity index (χ3v) is 3.58. The van der Waals surface area contributed by atoms with Gasteiger partial charge >= 0.3 is 5.97 Å². The highest BCUT2D eigenvalue weighted by Gasteiger charge is 2.13. The van der Waals surface area contributed by atoms with Crippen molar-refractivity contribution in [3.63, 3.8) is 0 Å². The molecule has 0 aliphatic rings. The van der Waals surface area contributed by atoms with Crippen LogP contribution in [0.5, 0.6) is 5.75 Å². The van der Waals surface area contributed by atoms with E-state index in [2.05, 4.69) is 32.9 Å². The second-order valence-corrected chi connectivity index (χ2v) is 6.49. The van der Waals surface area contributed by atoms with E-state index in [0.29, 0.717) is 12.2 Å². The first kappa shape index (κ1) is 17.6. The smallest absolute Gasteiger partial charge is 0.339 e. The zero-order valence-corrected chi connectivity index (χ0v) is 14.2. The molecular weight excluding hydrogens is 302 g/mol. The molecule has 0 aromatic heterocycles. The van der Waals surface area contributed by atoms with E-state index < -0.39 is 5.97 Å². The van der Waals surface area contributed by atoms with Gasteiger partial charge in [0.25, 0.3) is 0 Å². The van der Waals surface area contributed by atoms with Crippen molar-refractivity contribution >= 4 is 5.97 Å². The number of benzene rings is 2. The van der Waals surface area contributed by atoms with Crippen molar-refractivity contribution in [3.8, 4) is 11.8 Å². The van der Waals surface area contributed by atoms with Crippen LogP contribution in [0.15, 0.2) is 48.5 Å². The first-order valence-corrected chi connectivity index (χ1v) is 7.76. The highest BCUT2D eigenvalue weighted by molar-refractivity contribution is 5.89. The van der Waals surface area contributed by atoms with E-state index >= 15 is 0 Å². The summed E-state index contributed by atoms with van der Waals surface area (Å²) in [6.07, 6.45) is 0. The molecule has 124 valence electrons. The lowest BCUT2D eigenvalue weighted by atomic mass is 9.87. The molecule has 24 heavy (non-hydrogen) atoms. The lowest BCUT2D eigenvalue weighted by molar-refractivity contribution is 0.0555. The summed E-state index contributed by atoms with van der Waals surface area (Å²) in [5.41, 5.74) is 2.75. The summed E-state index contributed by atoms with van der Waals surface area (Å²) < 4.78 is 10.5. The van der Waals surface area contributed by atoms with E-state index in [0.717, 1.165) is 11.3 Å². The summed E-state index contributed by atoms with van der Waals surface area (Å²) in [6, 6.07) is 16.8. The Morgan fingerprint density at radius 2 is 1.67 bits per heavy atom. The zero-order chi connectivity index (χ0) is 17.6. The van der Waals surface area contributed by atoms with Crippen LogP contribution < -0.4 is 4.74 Å². The Labute approximate surface area is 142 Å². The van der Waals surface area contributed by atoms with Crippen LogP contribution in [0.4, 0.5) is 0 Å². The van der Waals surface area contributed by atoms with Gasteiger partial charge in [-0.1, -0.05) is 45.0 Å². The molecule has 0 amide bonds. The molecule has 0 heterocycles. The molecular formula is C20H21NO3. The Morgan fingerprint density at radius 1 is 1.04 bits per heavy atom. The summed E-state index contributed by atoms with van der Waals surface area (Å²) in [7, 11) is 0. The van der Waals surface area contributed by atoms with Crippen molar-refractivity contribution in [3.05, 3.63) is 65.2 Å². The van der Waals surface area contributed by atoms with Gasteiger partial charge in [0.1, 0.15) is 18.4 Å². The number of hydrogen-bond donors (Lipinski definition) is 0. The third kappa shape index (κ3) is 4.85. The summed E-state index contributed by atoms with van der Waals surface area (Å²) >= 11 is 0. The zero-order valence-electron chi connectivity index (χ0n) is 14.2. The Morgan fingerprint density at radius 3 is 2.21 bits per heavy atom. The Kier molecular flexibility index (Phi) is 5.59. The van der Waals surface area contributed by atoms with Crippen LogP contribution in [0.2, 0.25) is 0 Å². The molecule has 0 N–H and O–H groups in total. The molecule has 2 aromatic carbocycles. The quantitative estimate of drug-likeness (QED) is 0.772. The van der Waals surface area contributed by atoms with Gasteiger partial charge in [-0.3, -0.25) is 0 Å². The van der Waals surface area contributed by atoms with Crippen molar-refractivity contribution in [1.29, 1.82) is 5.26 Å². The Bertz CT molecular complexity index is 719. The average Bonchev–Trinajstić information content (AvgIpc) is 2.58. The number of rotatable bonds is 5. The SMILES string of the molecule is CC(C)(C)c1ccc(OCc2ccc(C(=O)OCC#N)cc2)cc1. The molecule has 4 heteroatoms. The second kappa shape index (κ2) is 7.65. The van der Waals surface area contributed by atoms with Gasteiger partial charge in [0, 0.05) is 0 Å². The Balaban J connectivity index is 1.93. The molecule has 0 spiro atoms. The summed E-state index contributed by atoms with van der Waals surface area (Å²) in [5, 5.41) is 8.40. The molecule has 0 bridgehead atoms. The molecule has 0 fully saturated rings. The number of esters is 1. The minimum absolute atomic E-state index is 0.120. The molecule has 0 saturated carbocycles. The number of carbonyl (C=O) groups excluding carboxylic acids is 1. The van der Waals surface area contributed by atoms with Crippen LogP contribution in [0.1, 0.15) is 42.3 Å². The molecule has 0 aliphatic heterocycles. The number of nitriles is 1. The molecule has 0 aliphatic carbocycles. The van der Waals surface area contributed by atoms with E-state index in [1.165, 1.54) is 5.56 Å². The normalized spacial score (nSPS) is 10.8. The predicted molar refractivity (Wildman–Crippen MR) is 91.8 cm³/mol. The Hall–Kier alpha value is -2.80. The number of nitrogens with zero attached hydrogens (tertiary/aromatic N) is 1. The molecule has 0 radical (unpaired) electrons. The maximum absolute atomic E-state index is 11.6. The van der Waals surface area contributed by atoms with Gasteiger partial charge in [-0.2, -0.15) is 5.26 Å². The largest absolute Gasteiger partial charge is 0.489 e. The van der Waals surface area contributed by atoms with Crippen LogP contribution >= 0.6 is 0 Å². The van der Waals surface area contributed by atoms with Crippen LogP contribution in [-0.4, -0.2) is 12.6 Å². The van der Waals surface area contributed by atoms with Gasteiger partial charge in [-0.15, -0.1) is 0 Å². The van der Waals surface area contributed by atoms with Crippen LogP contribution in [0.3, 0.4) is 0 Å². The summed E-state index contributed by atoms with van der Waals surface area (Å²) in [6.45, 7) is 6.70. The molecule has 0 atom stereocenters. The lowest BCUT2D eigenvalue weighted by Crippen LogP contribution is -2.10. The van der Waals surface area contributed by atoms with Gasteiger partial charge in [0.15, 0.2) is 6.61 Å². The molecule has 0 saturated heterocycles. The van der Waals surface area contributed by atoms with Crippen LogP contribution in [0, 0.1) is 11.3 Å². The maximum atomic E-state index is 11.6. The van der Waals surface area contributed by atoms with Crippen molar-refractivity contribution in [2.45, 2.75) is 32.8 Å². The molecule has 2 rings (SSSR count). The maximum Gasteiger partial charge on any atom is 0.339 e. The standard InChI is InChI=1S/C20H21NO3/c1-20(2,3)17-8-10-18(11-9-17)24-14-15-4-6-16(7-5-15)19(22)23-13-12-21/h4-11H,13-14H2,1-3H3. The van der Waals surface area contributed by atoms with E-state index in [1.54, 1.807) is 18.2 Å². The molecule has 0 unspecified atom stereocenters. The monoisotopic (exact) mass is 323 g/mol. The molecule has 2 aromatic rings. The number of ether oxygens (including phenoxy) is 2. The average molecular weight is 323 g/mol. The van der Waals surface area contributed by atoms with Crippen molar-refractivity contribution in [2.24, 2.45) is 0 Å². The fourth-order valence-corrected chi connectivity index (χ4v) is 2.14. The van der Waals surface area contributed by atoms with Gasteiger partial charge in [0.05, 0.1) is 5.56 Å². The number of carbonyl (C=O) groups is 1. The van der Waals surface area contributed by atoms with E-state index in [9.17, 15) is 4.79 Å². The summed E-state index contributed by atoms with van der Waals surface area (Å²) in [5.74, 6) is 0.308. The summed E-state index contributed by atoms with van der Waals surface area (Å²) in [4.78, 5) is 11.6. The minimum atomic E-state index is -0.498. The van der Waals surface area contributed by atoms with Crippen molar-refractivity contribution < 1.29 is 14.3 Å². The lowest BCUT2D eigenvalue weighted by Gasteiger charge is -2.19. The highest BCUT2D eigenvalue weighted by atomic mass is 16.5. The third-order valence-electron chi connectivity index (χ3n) is 3.58. The minimum Gasteiger partial charge on any atom is -0.489 e. The molecule has 4 nitrogen and oxygen atoms in total. The van der Waals surface area contributed by atoms with Crippen LogP contribution in [0.25, 0.3) is 0 Å². The van der Waals surface area contributed by atoms with E-state index in [-0.39, 0.29) is 12.0 Å². The first-order chi connectivity index (χ1) is 11.4. The topological polar surface area (TPSA) is 59.3 Å². The predicted octanol–water partition coefficient (Wildman–Crippen LogP) is 4.24. The van der Waals surface area contributed by atoms with Gasteiger partial charge in [-0.05, 0) is 40.8 Å². The van der Waals surface area contributed by atoms with Gasteiger partial charge < -0.3 is 9.47 Å².